The van der Waals surface area contributed by atoms with Gasteiger partial charge in [-0.2, -0.15) is 0 Å². The van der Waals surface area contributed by atoms with Crippen molar-refractivity contribution in [2.24, 2.45) is 0 Å². The smallest absolute Gasteiger partial charge is 0.345 e. The molecular weight excluding hydrogens is 252 g/mol. The van der Waals surface area contributed by atoms with Crippen LogP contribution in [-0.4, -0.2) is 11.1 Å². The van der Waals surface area contributed by atoms with Crippen molar-refractivity contribution in [1.29, 1.82) is 0 Å². The largest absolute Gasteiger partial charge is 0.477 e. The van der Waals surface area contributed by atoms with E-state index in [1.165, 1.54) is 16.2 Å². The first-order chi connectivity index (χ1) is 8.25. The normalized spacial score (nSPS) is 10.8. The van der Waals surface area contributed by atoms with Gasteiger partial charge in [-0.05, 0) is 23.6 Å². The molecule has 0 saturated carbocycles. The van der Waals surface area contributed by atoms with E-state index >= 15 is 0 Å². The van der Waals surface area contributed by atoms with Gasteiger partial charge in [0.2, 0.25) is 0 Å². The Balaban J connectivity index is 2.29. The van der Waals surface area contributed by atoms with Crippen LogP contribution in [0.3, 0.4) is 0 Å². The molecule has 0 unspecified atom stereocenters. The van der Waals surface area contributed by atoms with Crippen LogP contribution < -0.4 is 0 Å². The highest BCUT2D eigenvalue weighted by Gasteiger charge is 2.12. The molecule has 0 atom stereocenters. The minimum atomic E-state index is -0.858. The van der Waals surface area contributed by atoms with E-state index in [0.29, 0.717) is 4.88 Å². The van der Waals surface area contributed by atoms with Gasteiger partial charge in [-0.15, -0.1) is 22.7 Å². The van der Waals surface area contributed by atoms with Crippen molar-refractivity contribution >= 4 is 38.7 Å². The Morgan fingerprint density at radius 1 is 1.18 bits per heavy atom. The van der Waals surface area contributed by atoms with Crippen LogP contribution in [0.4, 0.5) is 0 Å². The number of aromatic carboxylic acids is 1. The summed E-state index contributed by atoms with van der Waals surface area (Å²) < 4.78 is 1.02. The van der Waals surface area contributed by atoms with Crippen LogP contribution >= 0.6 is 22.7 Å². The molecule has 2 heterocycles. The zero-order valence-corrected chi connectivity index (χ0v) is 10.3. The Morgan fingerprint density at radius 2 is 2.06 bits per heavy atom. The molecule has 0 saturated heterocycles. The first kappa shape index (κ1) is 10.5. The third-order valence-electron chi connectivity index (χ3n) is 2.56. The lowest BCUT2D eigenvalue weighted by Crippen LogP contribution is -1.89. The van der Waals surface area contributed by atoms with E-state index in [4.69, 9.17) is 5.11 Å². The Hall–Kier alpha value is -1.65. The Kier molecular flexibility index (Phi) is 2.46. The number of carbonyl (C=O) groups is 1. The van der Waals surface area contributed by atoms with Crippen molar-refractivity contribution in [3.8, 4) is 10.4 Å². The zero-order chi connectivity index (χ0) is 11.8. The van der Waals surface area contributed by atoms with Crippen LogP contribution in [0.25, 0.3) is 20.5 Å². The predicted molar refractivity (Wildman–Crippen MR) is 72.1 cm³/mol. The highest BCUT2D eigenvalue weighted by Crippen LogP contribution is 2.35. The van der Waals surface area contributed by atoms with Gasteiger partial charge in [-0.3, -0.25) is 0 Å². The molecule has 0 fully saturated rings. The summed E-state index contributed by atoms with van der Waals surface area (Å²) in [5.41, 5.74) is 1.11. The second kappa shape index (κ2) is 3.98. The molecule has 0 spiro atoms. The average Bonchev–Trinajstić information content (AvgIpc) is 2.97. The molecule has 2 nitrogen and oxygen atoms in total. The minimum absolute atomic E-state index is 0.393. The number of rotatable bonds is 2. The molecular formula is C13H8O2S2. The lowest BCUT2D eigenvalue weighted by atomic mass is 10.1. The van der Waals surface area contributed by atoms with E-state index in [1.54, 1.807) is 17.4 Å². The van der Waals surface area contributed by atoms with Crippen LogP contribution in [0.15, 0.2) is 41.8 Å². The Labute approximate surface area is 106 Å². The molecule has 1 aromatic carbocycles. The van der Waals surface area contributed by atoms with Crippen LogP contribution in [0.2, 0.25) is 0 Å². The number of benzene rings is 1. The summed E-state index contributed by atoms with van der Waals surface area (Å²) in [7, 11) is 0. The highest BCUT2D eigenvalue weighted by atomic mass is 32.1. The van der Waals surface area contributed by atoms with Gasteiger partial charge in [0.1, 0.15) is 4.88 Å². The summed E-state index contributed by atoms with van der Waals surface area (Å²) >= 11 is 2.99. The summed E-state index contributed by atoms with van der Waals surface area (Å²) in [6.07, 6.45) is 0. The fraction of sp³-hybridized carbons (Fsp3) is 0. The molecule has 0 amide bonds. The molecule has 0 radical (unpaired) electrons. The van der Waals surface area contributed by atoms with Crippen molar-refractivity contribution in [1.82, 2.24) is 0 Å². The van der Waals surface area contributed by atoms with Crippen molar-refractivity contribution in [3.63, 3.8) is 0 Å². The lowest BCUT2D eigenvalue weighted by Gasteiger charge is -1.98. The molecule has 84 valence electrons. The van der Waals surface area contributed by atoms with E-state index in [-0.39, 0.29) is 0 Å². The maximum absolute atomic E-state index is 11.0. The van der Waals surface area contributed by atoms with Crippen molar-refractivity contribution < 1.29 is 9.90 Å². The predicted octanol–water partition coefficient (Wildman–Crippen LogP) is 4.33. The number of hydrogen-bond acceptors (Lipinski definition) is 3. The first-order valence-corrected chi connectivity index (χ1v) is 6.75. The Morgan fingerprint density at radius 3 is 2.76 bits per heavy atom. The van der Waals surface area contributed by atoms with Gasteiger partial charge in [0, 0.05) is 20.5 Å². The molecule has 4 heteroatoms. The van der Waals surface area contributed by atoms with E-state index in [2.05, 4.69) is 6.07 Å². The Bertz CT molecular complexity index is 681. The van der Waals surface area contributed by atoms with Crippen LogP contribution in [0.1, 0.15) is 9.67 Å². The van der Waals surface area contributed by atoms with E-state index in [1.807, 2.05) is 29.6 Å². The summed E-state index contributed by atoms with van der Waals surface area (Å²) in [5.74, 6) is -0.858. The SMILES string of the molecule is O=C(O)c1cc2c(-c3cccs3)cccc2s1. The summed E-state index contributed by atoms with van der Waals surface area (Å²) in [4.78, 5) is 12.5. The molecule has 1 N–H and O–H groups in total. The monoisotopic (exact) mass is 260 g/mol. The number of carboxylic acids is 1. The number of thiophene rings is 2. The fourth-order valence-electron chi connectivity index (χ4n) is 1.81. The van der Waals surface area contributed by atoms with Crippen molar-refractivity contribution in [2.45, 2.75) is 0 Å². The lowest BCUT2D eigenvalue weighted by molar-refractivity contribution is 0.0702. The van der Waals surface area contributed by atoms with Gasteiger partial charge in [-0.25, -0.2) is 4.79 Å². The third-order valence-corrected chi connectivity index (χ3v) is 4.55. The van der Waals surface area contributed by atoms with Crippen molar-refractivity contribution in [2.75, 3.05) is 0 Å². The summed E-state index contributed by atoms with van der Waals surface area (Å²) in [6, 6.07) is 11.8. The summed E-state index contributed by atoms with van der Waals surface area (Å²) in [6.45, 7) is 0. The molecule has 17 heavy (non-hydrogen) atoms. The topological polar surface area (TPSA) is 37.3 Å². The number of carboxylic acid groups (broad SMARTS) is 1. The maximum Gasteiger partial charge on any atom is 0.345 e. The average molecular weight is 260 g/mol. The second-order valence-electron chi connectivity index (χ2n) is 3.61. The van der Waals surface area contributed by atoms with Gasteiger partial charge in [-0.1, -0.05) is 18.2 Å². The van der Waals surface area contributed by atoms with E-state index in [9.17, 15) is 4.79 Å². The minimum Gasteiger partial charge on any atom is -0.477 e. The zero-order valence-electron chi connectivity index (χ0n) is 8.71. The van der Waals surface area contributed by atoms with Gasteiger partial charge in [0.15, 0.2) is 0 Å². The maximum atomic E-state index is 11.0. The molecule has 0 bridgehead atoms. The van der Waals surface area contributed by atoms with Crippen molar-refractivity contribution in [3.05, 3.63) is 46.7 Å². The summed E-state index contributed by atoms with van der Waals surface area (Å²) in [5, 5.41) is 12.1. The fourth-order valence-corrected chi connectivity index (χ4v) is 3.51. The van der Waals surface area contributed by atoms with Crippen LogP contribution in [0.5, 0.6) is 0 Å². The molecule has 3 rings (SSSR count). The molecule has 2 aromatic heterocycles. The van der Waals surface area contributed by atoms with Crippen LogP contribution in [0, 0.1) is 0 Å². The second-order valence-corrected chi connectivity index (χ2v) is 5.64. The van der Waals surface area contributed by atoms with Gasteiger partial charge in [0.25, 0.3) is 0 Å². The third kappa shape index (κ3) is 1.75. The van der Waals surface area contributed by atoms with Gasteiger partial charge < -0.3 is 5.11 Å². The van der Waals surface area contributed by atoms with Gasteiger partial charge in [0.05, 0.1) is 0 Å². The molecule has 0 aliphatic heterocycles. The highest BCUT2D eigenvalue weighted by molar-refractivity contribution is 7.21. The molecule has 0 aliphatic rings. The van der Waals surface area contributed by atoms with E-state index < -0.39 is 5.97 Å². The first-order valence-electron chi connectivity index (χ1n) is 5.05. The van der Waals surface area contributed by atoms with E-state index in [0.717, 1.165) is 15.6 Å². The standard InChI is InChI=1S/C13H8O2S2/c14-13(15)12-7-9-8(10-5-2-6-16-10)3-1-4-11(9)17-12/h1-7H,(H,14,15). The number of fused-ring (bicyclic) bond motifs is 1. The quantitative estimate of drug-likeness (QED) is 0.744. The molecule has 3 aromatic rings. The molecule has 0 aliphatic carbocycles. The number of hydrogen-bond donors (Lipinski definition) is 1. The van der Waals surface area contributed by atoms with Gasteiger partial charge >= 0.3 is 5.97 Å². The van der Waals surface area contributed by atoms with Crippen LogP contribution in [-0.2, 0) is 0 Å².